The molecule has 0 radical (unpaired) electrons. The Morgan fingerprint density at radius 3 is 2.61 bits per heavy atom. The van der Waals surface area contributed by atoms with Gasteiger partial charge in [0.25, 0.3) is 5.91 Å². The van der Waals surface area contributed by atoms with Gasteiger partial charge in [0.1, 0.15) is 11.9 Å². The summed E-state index contributed by atoms with van der Waals surface area (Å²) in [6.45, 7) is 2.37. The molecule has 0 bridgehead atoms. The van der Waals surface area contributed by atoms with Crippen LogP contribution < -0.4 is 4.74 Å². The highest BCUT2D eigenvalue weighted by molar-refractivity contribution is 6.30. The fraction of sp³-hybridized carbons (Fsp3) is 0.273. The van der Waals surface area contributed by atoms with E-state index in [9.17, 15) is 13.6 Å². The van der Waals surface area contributed by atoms with E-state index in [1.807, 2.05) is 6.92 Å². The van der Waals surface area contributed by atoms with Gasteiger partial charge < -0.3 is 9.64 Å². The molecule has 1 aromatic carbocycles. The van der Waals surface area contributed by atoms with Gasteiger partial charge in [0, 0.05) is 18.8 Å². The predicted octanol–water partition coefficient (Wildman–Crippen LogP) is 4.54. The van der Waals surface area contributed by atoms with Crippen molar-refractivity contribution in [3.05, 3.63) is 71.1 Å². The first-order valence-electron chi connectivity index (χ1n) is 9.79. The average molecular weight is 445 g/mol. The minimum Gasteiger partial charge on any atom is -0.472 e. The molecule has 1 amide bonds. The molecule has 3 heterocycles. The summed E-state index contributed by atoms with van der Waals surface area (Å²) in [5.74, 6) is -1.30. The van der Waals surface area contributed by atoms with E-state index in [4.69, 9.17) is 16.3 Å². The van der Waals surface area contributed by atoms with Crippen LogP contribution in [0, 0.1) is 11.6 Å². The molecule has 1 aliphatic rings. The monoisotopic (exact) mass is 444 g/mol. The molecule has 1 saturated heterocycles. The van der Waals surface area contributed by atoms with Gasteiger partial charge in [-0.3, -0.25) is 4.79 Å². The fourth-order valence-corrected chi connectivity index (χ4v) is 3.78. The van der Waals surface area contributed by atoms with Crippen LogP contribution >= 0.6 is 11.6 Å². The molecule has 2 aromatic heterocycles. The number of piperidine rings is 1. The van der Waals surface area contributed by atoms with Crippen molar-refractivity contribution in [2.75, 3.05) is 6.54 Å². The highest BCUT2D eigenvalue weighted by Gasteiger charge is 2.34. The van der Waals surface area contributed by atoms with Crippen LogP contribution in [-0.4, -0.2) is 44.4 Å². The fourth-order valence-electron chi connectivity index (χ4n) is 3.67. The Morgan fingerprint density at radius 2 is 1.90 bits per heavy atom. The Hall–Kier alpha value is -3.13. The number of nitrogens with zero attached hydrogens (tertiary/aromatic N) is 4. The quantitative estimate of drug-likeness (QED) is 0.591. The van der Waals surface area contributed by atoms with Crippen LogP contribution in [0.4, 0.5) is 8.78 Å². The summed E-state index contributed by atoms with van der Waals surface area (Å²) in [6, 6.07) is 7.26. The van der Waals surface area contributed by atoms with Crippen molar-refractivity contribution in [1.82, 2.24) is 19.9 Å². The Morgan fingerprint density at radius 1 is 1.13 bits per heavy atom. The zero-order valence-electron chi connectivity index (χ0n) is 16.6. The minimum atomic E-state index is -0.653. The van der Waals surface area contributed by atoms with Crippen LogP contribution in [0.25, 0.3) is 11.4 Å². The molecule has 2 unspecified atom stereocenters. The molecule has 1 fully saturated rings. The third kappa shape index (κ3) is 4.49. The number of rotatable bonds is 4. The largest absolute Gasteiger partial charge is 0.472 e. The van der Waals surface area contributed by atoms with E-state index in [0.29, 0.717) is 23.9 Å². The maximum Gasteiger partial charge on any atom is 0.255 e. The number of ether oxygens (including phenoxy) is 1. The first kappa shape index (κ1) is 21.1. The Bertz CT molecular complexity index is 1080. The molecule has 31 heavy (non-hydrogen) atoms. The highest BCUT2D eigenvalue weighted by Crippen LogP contribution is 2.29. The zero-order chi connectivity index (χ0) is 22.0. The number of hydrogen-bond donors (Lipinski definition) is 0. The van der Waals surface area contributed by atoms with Crippen molar-refractivity contribution in [2.24, 2.45) is 0 Å². The Balaban J connectivity index is 1.61. The molecular formula is C22H19ClF2N4O2. The third-order valence-electron chi connectivity index (χ3n) is 5.24. The lowest BCUT2D eigenvalue weighted by molar-refractivity contribution is 0.0266. The van der Waals surface area contributed by atoms with Gasteiger partial charge in [-0.15, -0.1) is 0 Å². The molecule has 0 N–H and O–H groups in total. The van der Waals surface area contributed by atoms with E-state index in [1.54, 1.807) is 17.0 Å². The number of halogens is 3. The maximum atomic E-state index is 14.7. The van der Waals surface area contributed by atoms with Crippen molar-refractivity contribution in [3.63, 3.8) is 0 Å². The third-order valence-corrected chi connectivity index (χ3v) is 5.46. The van der Waals surface area contributed by atoms with Gasteiger partial charge >= 0.3 is 0 Å². The van der Waals surface area contributed by atoms with Gasteiger partial charge in [-0.05, 0) is 38.0 Å². The lowest BCUT2D eigenvalue weighted by Crippen LogP contribution is -2.51. The molecular weight excluding hydrogens is 426 g/mol. The summed E-state index contributed by atoms with van der Waals surface area (Å²) in [5.41, 5.74) is 0.0610. The van der Waals surface area contributed by atoms with Crippen molar-refractivity contribution in [3.8, 4) is 17.3 Å². The molecule has 4 rings (SSSR count). The number of carbonyl (C=O) groups is 1. The van der Waals surface area contributed by atoms with Crippen LogP contribution in [0.1, 0.15) is 30.1 Å². The molecule has 6 nitrogen and oxygen atoms in total. The molecule has 0 aliphatic carbocycles. The number of carbonyl (C=O) groups excluding carboxylic acids is 1. The van der Waals surface area contributed by atoms with Gasteiger partial charge in [0.05, 0.1) is 34.6 Å². The second-order valence-electron chi connectivity index (χ2n) is 7.24. The van der Waals surface area contributed by atoms with Crippen LogP contribution in [0.5, 0.6) is 5.88 Å². The number of amides is 1. The average Bonchev–Trinajstić information content (AvgIpc) is 2.77. The number of aromatic nitrogens is 3. The second kappa shape index (κ2) is 8.93. The van der Waals surface area contributed by atoms with Gasteiger partial charge in [-0.1, -0.05) is 17.7 Å². The molecule has 0 saturated carbocycles. The van der Waals surface area contributed by atoms with E-state index in [2.05, 4.69) is 15.0 Å². The Labute approximate surface area is 182 Å². The van der Waals surface area contributed by atoms with Crippen molar-refractivity contribution in [2.45, 2.75) is 31.9 Å². The SMILES string of the molecule is CC1C(Oc2ccc(Cl)cn2)CCCN1C(=O)c1cccc(F)c1-c1ncc(F)cn1. The van der Waals surface area contributed by atoms with E-state index >= 15 is 0 Å². The van der Waals surface area contributed by atoms with Crippen LogP contribution in [-0.2, 0) is 0 Å². The van der Waals surface area contributed by atoms with E-state index in [-0.39, 0.29) is 35.0 Å². The summed E-state index contributed by atoms with van der Waals surface area (Å²) in [5, 5.41) is 0.502. The maximum absolute atomic E-state index is 14.7. The van der Waals surface area contributed by atoms with Gasteiger partial charge in [-0.25, -0.2) is 23.7 Å². The second-order valence-corrected chi connectivity index (χ2v) is 7.68. The number of hydrogen-bond acceptors (Lipinski definition) is 5. The summed E-state index contributed by atoms with van der Waals surface area (Å²) < 4.78 is 33.9. The Kier molecular flexibility index (Phi) is 6.08. The van der Waals surface area contributed by atoms with Crippen LogP contribution in [0.3, 0.4) is 0 Å². The van der Waals surface area contributed by atoms with E-state index in [1.165, 1.54) is 24.4 Å². The van der Waals surface area contributed by atoms with E-state index < -0.39 is 11.6 Å². The number of pyridine rings is 1. The predicted molar refractivity (Wildman–Crippen MR) is 111 cm³/mol. The standard InChI is InChI=1S/C22H19ClF2N4O2/c1-13-18(31-19-8-7-14(23)10-26-19)6-3-9-29(13)22(30)16-4-2-5-17(25)20(16)21-27-11-15(24)12-28-21/h2,4-5,7-8,10-13,18H,3,6,9H2,1H3. The zero-order valence-corrected chi connectivity index (χ0v) is 17.4. The van der Waals surface area contributed by atoms with Gasteiger partial charge in [0.15, 0.2) is 11.6 Å². The van der Waals surface area contributed by atoms with Crippen molar-refractivity contribution in [1.29, 1.82) is 0 Å². The molecule has 9 heteroatoms. The topological polar surface area (TPSA) is 68.2 Å². The smallest absolute Gasteiger partial charge is 0.255 e. The summed E-state index contributed by atoms with van der Waals surface area (Å²) in [6.07, 6.45) is 4.55. The summed E-state index contributed by atoms with van der Waals surface area (Å²) in [7, 11) is 0. The van der Waals surface area contributed by atoms with Crippen LogP contribution in [0.15, 0.2) is 48.9 Å². The van der Waals surface area contributed by atoms with Crippen LogP contribution in [0.2, 0.25) is 5.02 Å². The lowest BCUT2D eigenvalue weighted by Gasteiger charge is -2.39. The van der Waals surface area contributed by atoms with E-state index in [0.717, 1.165) is 18.8 Å². The first-order chi connectivity index (χ1) is 14.9. The summed E-state index contributed by atoms with van der Waals surface area (Å²) >= 11 is 5.87. The number of likely N-dealkylation sites (tertiary alicyclic amines) is 1. The highest BCUT2D eigenvalue weighted by atomic mass is 35.5. The summed E-state index contributed by atoms with van der Waals surface area (Å²) in [4.78, 5) is 26.9. The molecule has 160 valence electrons. The molecule has 3 aromatic rings. The minimum absolute atomic E-state index is 0.0503. The van der Waals surface area contributed by atoms with Crippen molar-refractivity contribution >= 4 is 17.5 Å². The molecule has 2 atom stereocenters. The molecule has 1 aliphatic heterocycles. The van der Waals surface area contributed by atoms with Gasteiger partial charge in [-0.2, -0.15) is 0 Å². The number of benzene rings is 1. The normalized spacial score (nSPS) is 18.6. The van der Waals surface area contributed by atoms with Gasteiger partial charge in [0.2, 0.25) is 5.88 Å². The van der Waals surface area contributed by atoms with Crippen molar-refractivity contribution < 1.29 is 18.3 Å². The molecule has 0 spiro atoms. The lowest BCUT2D eigenvalue weighted by atomic mass is 9.97. The first-order valence-corrected chi connectivity index (χ1v) is 10.2.